The smallest absolute Gasteiger partial charge is 0.336 e. The van der Waals surface area contributed by atoms with E-state index in [2.05, 4.69) is 18.2 Å². The van der Waals surface area contributed by atoms with E-state index in [1.807, 2.05) is 31.2 Å². The molecule has 0 aliphatic heterocycles. The van der Waals surface area contributed by atoms with Gasteiger partial charge in [-0.05, 0) is 36.6 Å². The largest absolute Gasteiger partial charge is 0.461 e. The Balaban J connectivity index is 1.78. The lowest BCUT2D eigenvalue weighted by Crippen LogP contribution is -2.36. The van der Waals surface area contributed by atoms with Gasteiger partial charge in [0.1, 0.15) is 11.7 Å². The van der Waals surface area contributed by atoms with E-state index in [-0.39, 0.29) is 22.9 Å². The number of rotatable bonds is 3. The Morgan fingerprint density at radius 1 is 1.15 bits per heavy atom. The molecule has 0 saturated carbocycles. The fraction of sp³-hybridized carbons (Fsp3) is 0.273. The van der Waals surface area contributed by atoms with E-state index in [0.717, 1.165) is 27.0 Å². The second kappa shape index (κ2) is 7.24. The average molecular weight is 380 g/mol. The second-order valence-electron chi connectivity index (χ2n) is 6.85. The molecule has 0 radical (unpaired) electrons. The van der Waals surface area contributed by atoms with Crippen molar-refractivity contribution in [3.63, 3.8) is 0 Å². The normalized spacial score (nSPS) is 18.9. The van der Waals surface area contributed by atoms with Gasteiger partial charge in [-0.3, -0.25) is 4.79 Å². The van der Waals surface area contributed by atoms with Gasteiger partial charge in [-0.15, -0.1) is 11.8 Å². The van der Waals surface area contributed by atoms with E-state index in [0.29, 0.717) is 18.4 Å². The van der Waals surface area contributed by atoms with Crippen LogP contribution < -0.4 is 5.63 Å². The van der Waals surface area contributed by atoms with Gasteiger partial charge in [-0.2, -0.15) is 0 Å². The lowest BCUT2D eigenvalue weighted by Gasteiger charge is -2.32. The zero-order valence-corrected chi connectivity index (χ0v) is 16.0. The van der Waals surface area contributed by atoms with Gasteiger partial charge in [-0.1, -0.05) is 30.3 Å². The summed E-state index contributed by atoms with van der Waals surface area (Å²) >= 11 is 1.70. The van der Waals surface area contributed by atoms with Crippen molar-refractivity contribution in [1.82, 2.24) is 0 Å². The summed E-state index contributed by atoms with van der Waals surface area (Å²) in [6.07, 6.45) is 1.08. The van der Waals surface area contributed by atoms with E-state index in [1.54, 1.807) is 11.8 Å². The van der Waals surface area contributed by atoms with Gasteiger partial charge in [0, 0.05) is 35.3 Å². The minimum Gasteiger partial charge on any atom is -0.461 e. The molecular weight excluding hydrogens is 360 g/mol. The SMILES string of the molecule is CC(=O)O[C@@H]1Cc2ccc3c(C)cc(=O)oc3c2C[C@H]1Sc1ccccc1. The maximum absolute atomic E-state index is 11.9. The van der Waals surface area contributed by atoms with Crippen molar-refractivity contribution in [2.24, 2.45) is 0 Å². The van der Waals surface area contributed by atoms with Crippen LogP contribution in [0.25, 0.3) is 11.0 Å². The van der Waals surface area contributed by atoms with Crippen molar-refractivity contribution >= 4 is 28.7 Å². The summed E-state index contributed by atoms with van der Waals surface area (Å²) in [5, 5.41) is 1.02. The summed E-state index contributed by atoms with van der Waals surface area (Å²) in [5.41, 5.74) is 3.37. The lowest BCUT2D eigenvalue weighted by atomic mass is 9.87. The van der Waals surface area contributed by atoms with Gasteiger partial charge >= 0.3 is 11.6 Å². The molecule has 0 saturated heterocycles. The van der Waals surface area contributed by atoms with Crippen molar-refractivity contribution < 1.29 is 13.9 Å². The minimum atomic E-state index is -0.331. The average Bonchev–Trinajstić information content (AvgIpc) is 2.62. The van der Waals surface area contributed by atoms with Crippen molar-refractivity contribution in [3.05, 3.63) is 75.6 Å². The summed E-state index contributed by atoms with van der Waals surface area (Å²) in [6, 6.07) is 15.7. The molecule has 0 unspecified atom stereocenters. The molecule has 0 bridgehead atoms. The maximum Gasteiger partial charge on any atom is 0.336 e. The number of thioether (sulfide) groups is 1. The predicted molar refractivity (Wildman–Crippen MR) is 106 cm³/mol. The van der Waals surface area contributed by atoms with Crippen molar-refractivity contribution in [1.29, 1.82) is 0 Å². The first-order chi connectivity index (χ1) is 13.0. The quantitative estimate of drug-likeness (QED) is 0.501. The fourth-order valence-corrected chi connectivity index (χ4v) is 4.92. The van der Waals surface area contributed by atoms with Crippen LogP contribution in [0.15, 0.2) is 62.6 Å². The Kier molecular flexibility index (Phi) is 4.79. The topological polar surface area (TPSA) is 56.5 Å². The molecule has 1 heterocycles. The molecule has 1 aliphatic rings. The number of carbonyl (C=O) groups excluding carboxylic acids is 1. The van der Waals surface area contributed by atoms with E-state index in [1.165, 1.54) is 13.0 Å². The number of fused-ring (bicyclic) bond motifs is 3. The molecule has 4 nitrogen and oxygen atoms in total. The third-order valence-electron chi connectivity index (χ3n) is 4.91. The summed E-state index contributed by atoms with van der Waals surface area (Å²) in [6.45, 7) is 3.37. The number of ether oxygens (including phenoxy) is 1. The minimum absolute atomic E-state index is 0.0558. The second-order valence-corrected chi connectivity index (χ2v) is 8.17. The van der Waals surface area contributed by atoms with Crippen LogP contribution in [0.5, 0.6) is 0 Å². The van der Waals surface area contributed by atoms with Crippen LogP contribution >= 0.6 is 11.8 Å². The summed E-state index contributed by atoms with van der Waals surface area (Å²) < 4.78 is 11.2. The van der Waals surface area contributed by atoms with Crippen LogP contribution in [0.1, 0.15) is 23.6 Å². The molecule has 2 aromatic carbocycles. The first-order valence-electron chi connectivity index (χ1n) is 8.95. The molecule has 0 amide bonds. The Morgan fingerprint density at radius 3 is 2.67 bits per heavy atom. The van der Waals surface area contributed by atoms with Gasteiger partial charge in [0.15, 0.2) is 0 Å². The molecule has 0 N–H and O–H groups in total. The highest BCUT2D eigenvalue weighted by Gasteiger charge is 2.33. The summed E-state index contributed by atoms with van der Waals surface area (Å²) in [4.78, 5) is 24.7. The van der Waals surface area contributed by atoms with Crippen LogP contribution in [0.4, 0.5) is 0 Å². The van der Waals surface area contributed by atoms with Crippen LogP contribution in [-0.4, -0.2) is 17.3 Å². The third kappa shape index (κ3) is 3.65. The summed E-state index contributed by atoms with van der Waals surface area (Å²) in [7, 11) is 0. The van der Waals surface area contributed by atoms with E-state index in [9.17, 15) is 9.59 Å². The first-order valence-corrected chi connectivity index (χ1v) is 9.83. The monoisotopic (exact) mass is 380 g/mol. The zero-order valence-electron chi connectivity index (χ0n) is 15.2. The van der Waals surface area contributed by atoms with E-state index < -0.39 is 0 Å². The van der Waals surface area contributed by atoms with Crippen molar-refractivity contribution in [2.45, 2.75) is 42.9 Å². The van der Waals surface area contributed by atoms with Crippen molar-refractivity contribution in [2.75, 3.05) is 0 Å². The lowest BCUT2D eigenvalue weighted by molar-refractivity contribution is -0.146. The highest BCUT2D eigenvalue weighted by atomic mass is 32.2. The summed E-state index contributed by atoms with van der Waals surface area (Å²) in [5.74, 6) is -0.273. The Bertz CT molecular complexity index is 1060. The van der Waals surface area contributed by atoms with Gasteiger partial charge in [0.05, 0.1) is 5.25 Å². The molecule has 3 aromatic rings. The number of benzene rings is 2. The number of hydrogen-bond acceptors (Lipinski definition) is 5. The van der Waals surface area contributed by atoms with Crippen LogP contribution in [-0.2, 0) is 22.4 Å². The molecule has 4 rings (SSSR count). The third-order valence-corrected chi connectivity index (χ3v) is 6.23. The van der Waals surface area contributed by atoms with E-state index in [4.69, 9.17) is 9.15 Å². The molecule has 138 valence electrons. The van der Waals surface area contributed by atoms with Crippen molar-refractivity contribution in [3.8, 4) is 0 Å². The maximum atomic E-state index is 11.9. The Hall–Kier alpha value is -2.53. The van der Waals surface area contributed by atoms with E-state index >= 15 is 0 Å². The first kappa shape index (κ1) is 17.9. The zero-order chi connectivity index (χ0) is 19.0. The molecular formula is C22H20O4S. The molecule has 5 heteroatoms. The standard InChI is InChI=1S/C22H20O4S/c1-13-10-21(24)26-22-17(13)9-8-15-11-19(25-14(2)23)20(12-18(15)22)27-16-6-4-3-5-7-16/h3-10,19-20H,11-12H2,1-2H3/t19-,20-/m1/s1. The molecule has 1 aliphatic carbocycles. The van der Waals surface area contributed by atoms with Crippen LogP contribution in [0.3, 0.4) is 0 Å². The Morgan fingerprint density at radius 2 is 1.93 bits per heavy atom. The highest BCUT2D eigenvalue weighted by Crippen LogP contribution is 2.38. The number of carbonyl (C=O) groups is 1. The van der Waals surface area contributed by atoms with Gasteiger partial charge in [0.25, 0.3) is 0 Å². The van der Waals surface area contributed by atoms with Gasteiger partial charge in [-0.25, -0.2) is 4.79 Å². The number of hydrogen-bond donors (Lipinski definition) is 0. The Labute approximate surface area is 161 Å². The van der Waals surface area contributed by atoms with Gasteiger partial charge < -0.3 is 9.15 Å². The molecule has 2 atom stereocenters. The highest BCUT2D eigenvalue weighted by molar-refractivity contribution is 8.00. The van der Waals surface area contributed by atoms with Gasteiger partial charge in [0.2, 0.25) is 0 Å². The molecule has 1 aromatic heterocycles. The predicted octanol–water partition coefficient (Wildman–Crippen LogP) is 4.29. The van der Waals surface area contributed by atoms with Crippen LogP contribution in [0, 0.1) is 6.92 Å². The molecule has 27 heavy (non-hydrogen) atoms. The number of aryl methyl sites for hydroxylation is 1. The molecule has 0 fully saturated rings. The fourth-order valence-electron chi connectivity index (χ4n) is 3.70. The number of esters is 1. The van der Waals surface area contributed by atoms with Crippen LogP contribution in [0.2, 0.25) is 0 Å². The molecule has 0 spiro atoms.